The number of hydrogen-bond donors (Lipinski definition) is 0. The van der Waals surface area contributed by atoms with Gasteiger partial charge in [-0.05, 0) is 42.0 Å². The first-order valence-corrected chi connectivity index (χ1v) is 9.11. The summed E-state index contributed by atoms with van der Waals surface area (Å²) in [6.45, 7) is 10.8. The van der Waals surface area contributed by atoms with E-state index in [4.69, 9.17) is 4.74 Å². The van der Waals surface area contributed by atoms with Crippen LogP contribution >= 0.6 is 0 Å². The minimum Gasteiger partial charge on any atom is -0.494 e. The summed E-state index contributed by atoms with van der Waals surface area (Å²) in [5.74, 6) is 0.414. The summed E-state index contributed by atoms with van der Waals surface area (Å²) in [4.78, 5) is 11.4. The summed E-state index contributed by atoms with van der Waals surface area (Å²) < 4.78 is 5.49. The monoisotopic (exact) mass is 354 g/mol. The lowest BCUT2D eigenvalue weighted by Crippen LogP contribution is -2.20. The van der Waals surface area contributed by atoms with E-state index >= 15 is 0 Å². The van der Waals surface area contributed by atoms with Crippen molar-refractivity contribution in [3.05, 3.63) is 81.4 Å². The van der Waals surface area contributed by atoms with E-state index in [1.807, 2.05) is 50.2 Å². The molecule has 2 aromatic rings. The molecule has 1 atom stereocenters. The Balaban J connectivity index is 2.45. The predicted molar refractivity (Wildman–Crippen MR) is 105 cm³/mol. The van der Waals surface area contributed by atoms with Gasteiger partial charge in [0.2, 0.25) is 0 Å². The van der Waals surface area contributed by atoms with Crippen molar-refractivity contribution in [3.8, 4) is 5.75 Å². The lowest BCUT2D eigenvalue weighted by Gasteiger charge is -2.32. The van der Waals surface area contributed by atoms with Gasteiger partial charge < -0.3 is 4.74 Å². The number of ether oxygens (including phenoxy) is 1. The third kappa shape index (κ3) is 4.57. The molecule has 0 aliphatic heterocycles. The standard InChI is InChI=1S/C22H28NO3/c1-6-20(23(24)25)21(17-10-14-19(15-11-17)26-7-2)16-8-12-18(13-9-16)22(3,4)5/h8-15,21H,6-7H2,1-5H3/q-1. The number of rotatable bonds is 7. The highest BCUT2D eigenvalue weighted by Crippen LogP contribution is 2.37. The van der Waals surface area contributed by atoms with Gasteiger partial charge in [-0.1, -0.05) is 75.2 Å². The fourth-order valence-electron chi connectivity index (χ4n) is 3.11. The zero-order chi connectivity index (χ0) is 19.3. The summed E-state index contributed by atoms with van der Waals surface area (Å²) in [6.07, 6.45) is 0.395. The molecule has 0 aromatic heterocycles. The van der Waals surface area contributed by atoms with Crippen LogP contribution in [0, 0.1) is 16.2 Å². The van der Waals surface area contributed by atoms with Gasteiger partial charge in [0.1, 0.15) is 5.75 Å². The average Bonchev–Trinajstić information content (AvgIpc) is 2.60. The van der Waals surface area contributed by atoms with E-state index < -0.39 is 0 Å². The van der Waals surface area contributed by atoms with E-state index in [-0.39, 0.29) is 16.3 Å². The SMILES string of the molecule is CCOc1ccc(C(c2ccc(C(C)(C)C)cc2)[C-](CC)[N+](=O)[O-])cc1. The highest BCUT2D eigenvalue weighted by Gasteiger charge is 2.22. The minimum atomic E-state index is -0.361. The van der Waals surface area contributed by atoms with Gasteiger partial charge in [-0.3, -0.25) is 10.1 Å². The van der Waals surface area contributed by atoms with E-state index in [9.17, 15) is 10.1 Å². The molecule has 26 heavy (non-hydrogen) atoms. The largest absolute Gasteiger partial charge is 0.494 e. The molecule has 0 saturated heterocycles. The van der Waals surface area contributed by atoms with Crippen LogP contribution in [0.5, 0.6) is 5.75 Å². The average molecular weight is 354 g/mol. The molecule has 0 N–H and O–H groups in total. The van der Waals surface area contributed by atoms with Crippen LogP contribution in [-0.4, -0.2) is 11.5 Å². The van der Waals surface area contributed by atoms with Crippen LogP contribution in [0.4, 0.5) is 0 Å². The van der Waals surface area contributed by atoms with Crippen LogP contribution in [0.15, 0.2) is 48.5 Å². The van der Waals surface area contributed by atoms with E-state index in [1.165, 1.54) is 5.56 Å². The number of hydrogen-bond acceptors (Lipinski definition) is 3. The Morgan fingerprint density at radius 2 is 1.50 bits per heavy atom. The molecule has 0 amide bonds. The Morgan fingerprint density at radius 3 is 1.88 bits per heavy atom. The second-order valence-electron chi connectivity index (χ2n) is 7.41. The van der Waals surface area contributed by atoms with Crippen molar-refractivity contribution in [3.63, 3.8) is 0 Å². The first-order chi connectivity index (χ1) is 12.3. The molecular weight excluding hydrogens is 326 g/mol. The smallest absolute Gasteiger partial charge is 0.119 e. The molecule has 0 fully saturated rings. The highest BCUT2D eigenvalue weighted by atomic mass is 16.6. The van der Waals surface area contributed by atoms with Gasteiger partial charge in [0, 0.05) is 0 Å². The lowest BCUT2D eigenvalue weighted by molar-refractivity contribution is -0.471. The molecule has 2 rings (SSSR count). The molecule has 0 aliphatic carbocycles. The normalized spacial score (nSPS) is 12.5. The molecule has 0 spiro atoms. The minimum absolute atomic E-state index is 0.0492. The Labute approximate surface area is 156 Å². The Hall–Kier alpha value is -2.49. The van der Waals surface area contributed by atoms with Crippen molar-refractivity contribution in [2.24, 2.45) is 0 Å². The molecule has 140 valence electrons. The second-order valence-corrected chi connectivity index (χ2v) is 7.41. The summed E-state index contributed by atoms with van der Waals surface area (Å²) in [6, 6.07) is 16.1. The van der Waals surface area contributed by atoms with Gasteiger partial charge in [0.15, 0.2) is 0 Å². The third-order valence-corrected chi connectivity index (χ3v) is 4.56. The Morgan fingerprint density at radius 1 is 1.00 bits per heavy atom. The van der Waals surface area contributed by atoms with Gasteiger partial charge in [-0.15, -0.1) is 11.3 Å². The quantitative estimate of drug-likeness (QED) is 0.362. The van der Waals surface area contributed by atoms with Crippen LogP contribution in [0.1, 0.15) is 63.6 Å². The van der Waals surface area contributed by atoms with Gasteiger partial charge in [0.25, 0.3) is 0 Å². The molecule has 0 bridgehead atoms. The van der Waals surface area contributed by atoms with Gasteiger partial charge >= 0.3 is 0 Å². The maximum absolute atomic E-state index is 11.7. The van der Waals surface area contributed by atoms with Gasteiger partial charge in [-0.2, -0.15) is 0 Å². The maximum atomic E-state index is 11.7. The van der Waals surface area contributed by atoms with Crippen LogP contribution in [-0.2, 0) is 5.41 Å². The molecular formula is C22H28NO3-. The van der Waals surface area contributed by atoms with Gasteiger partial charge in [-0.25, -0.2) is 0 Å². The summed E-state index contributed by atoms with van der Waals surface area (Å²) in [7, 11) is 0. The van der Waals surface area contributed by atoms with E-state index in [0.29, 0.717) is 19.1 Å². The van der Waals surface area contributed by atoms with Crippen molar-refractivity contribution >= 4 is 0 Å². The number of nitrogens with zero attached hydrogens (tertiary/aromatic N) is 1. The van der Waals surface area contributed by atoms with Crippen molar-refractivity contribution in [1.29, 1.82) is 0 Å². The molecule has 0 saturated carbocycles. The molecule has 4 heteroatoms. The Bertz CT molecular complexity index is 715. The van der Waals surface area contributed by atoms with Crippen molar-refractivity contribution < 1.29 is 9.66 Å². The molecule has 2 aromatic carbocycles. The van der Waals surface area contributed by atoms with Crippen molar-refractivity contribution in [1.82, 2.24) is 0 Å². The topological polar surface area (TPSA) is 52.4 Å². The highest BCUT2D eigenvalue weighted by molar-refractivity contribution is 5.41. The van der Waals surface area contributed by atoms with Crippen molar-refractivity contribution in [2.75, 3.05) is 6.61 Å². The number of benzene rings is 2. The summed E-state index contributed by atoms with van der Waals surface area (Å²) >= 11 is 0. The summed E-state index contributed by atoms with van der Waals surface area (Å²) in [5.41, 5.74) is 3.11. The van der Waals surface area contributed by atoms with E-state index in [2.05, 4.69) is 32.9 Å². The fraction of sp³-hybridized carbons (Fsp3) is 0.409. The Kier molecular flexibility index (Phi) is 6.30. The molecule has 4 nitrogen and oxygen atoms in total. The van der Waals surface area contributed by atoms with Crippen LogP contribution in [0.3, 0.4) is 0 Å². The third-order valence-electron chi connectivity index (χ3n) is 4.56. The predicted octanol–water partition coefficient (Wildman–Crippen LogP) is 5.73. The molecule has 1 unspecified atom stereocenters. The van der Waals surface area contributed by atoms with Gasteiger partial charge in [0.05, 0.1) is 6.61 Å². The molecule has 0 radical (unpaired) electrons. The molecule has 0 heterocycles. The van der Waals surface area contributed by atoms with Crippen LogP contribution < -0.4 is 4.74 Å². The first-order valence-electron chi connectivity index (χ1n) is 9.11. The molecule has 0 aliphatic rings. The number of nitro groups is 1. The maximum Gasteiger partial charge on any atom is 0.119 e. The second kappa shape index (κ2) is 8.26. The van der Waals surface area contributed by atoms with E-state index in [1.54, 1.807) is 0 Å². The first kappa shape index (κ1) is 19.8. The van der Waals surface area contributed by atoms with E-state index in [0.717, 1.165) is 16.9 Å². The van der Waals surface area contributed by atoms with Crippen LogP contribution in [0.25, 0.3) is 0 Å². The zero-order valence-electron chi connectivity index (χ0n) is 16.3. The lowest BCUT2D eigenvalue weighted by atomic mass is 9.81. The van der Waals surface area contributed by atoms with Crippen LogP contribution in [0.2, 0.25) is 0 Å². The summed E-state index contributed by atoms with van der Waals surface area (Å²) in [5, 5.41) is 11.7. The van der Waals surface area contributed by atoms with Crippen molar-refractivity contribution in [2.45, 2.75) is 52.4 Å². The fourth-order valence-corrected chi connectivity index (χ4v) is 3.11. The zero-order valence-corrected chi connectivity index (χ0v) is 16.3.